The number of carboxylic acids is 1. The first-order valence-electron chi connectivity index (χ1n) is 13.0. The molecule has 0 saturated heterocycles. The van der Waals surface area contributed by atoms with Crippen LogP contribution < -0.4 is 0 Å². The Labute approximate surface area is 234 Å². The van der Waals surface area contributed by atoms with Crippen molar-refractivity contribution in [1.29, 1.82) is 0 Å². The average Bonchev–Trinajstić information content (AvgIpc) is 3.28. The van der Waals surface area contributed by atoms with Gasteiger partial charge in [0.15, 0.2) is 0 Å². The monoisotopic (exact) mass is 554 g/mol. The van der Waals surface area contributed by atoms with Gasteiger partial charge in [-0.15, -0.1) is 0 Å². The molecule has 0 saturated carbocycles. The van der Waals surface area contributed by atoms with E-state index in [4.69, 9.17) is 21.3 Å². The van der Waals surface area contributed by atoms with Crippen molar-refractivity contribution >= 4 is 36.7 Å². The lowest BCUT2D eigenvalue weighted by molar-refractivity contribution is 0.0697. The highest BCUT2D eigenvalue weighted by Gasteiger charge is 2.18. The van der Waals surface area contributed by atoms with Crippen molar-refractivity contribution in [3.8, 4) is 33.6 Å². The molecule has 2 heterocycles. The number of carboxylic acid groups (broad SMARTS) is 1. The zero-order valence-corrected chi connectivity index (χ0v) is 24.1. The number of nitrogens with zero attached hydrogens (tertiary/aromatic N) is 2. The van der Waals surface area contributed by atoms with Crippen LogP contribution in [0.25, 0.3) is 44.7 Å². The number of halogens is 1. The molecule has 0 spiro atoms. The third kappa shape index (κ3) is 6.14. The Morgan fingerprint density at radius 3 is 2.23 bits per heavy atom. The predicted octanol–water partition coefficient (Wildman–Crippen LogP) is 8.70. The molecule has 0 bridgehead atoms. The first-order valence-corrected chi connectivity index (χ1v) is 17.1. The molecular formula is C32H31ClN2O3Si. The quantitative estimate of drug-likeness (QED) is 0.146. The van der Waals surface area contributed by atoms with Crippen LogP contribution in [-0.4, -0.2) is 35.3 Å². The molecule has 0 amide bonds. The predicted molar refractivity (Wildman–Crippen MR) is 162 cm³/mol. The number of pyridine rings is 1. The summed E-state index contributed by atoms with van der Waals surface area (Å²) < 4.78 is 8.15. The van der Waals surface area contributed by atoms with Gasteiger partial charge in [-0.1, -0.05) is 98.0 Å². The molecule has 198 valence electrons. The number of ether oxygens (including phenoxy) is 1. The van der Waals surface area contributed by atoms with Crippen LogP contribution in [0.3, 0.4) is 0 Å². The second-order valence-electron chi connectivity index (χ2n) is 10.9. The molecule has 0 radical (unpaired) electrons. The summed E-state index contributed by atoms with van der Waals surface area (Å²) >= 11 is 6.82. The lowest BCUT2D eigenvalue weighted by atomic mass is 10.0. The molecule has 0 atom stereocenters. The van der Waals surface area contributed by atoms with E-state index in [1.54, 1.807) is 18.2 Å². The summed E-state index contributed by atoms with van der Waals surface area (Å²) in [6.45, 7) is 7.95. The normalized spacial score (nSPS) is 11.7. The van der Waals surface area contributed by atoms with E-state index in [0.29, 0.717) is 24.1 Å². The number of benzene rings is 3. The number of aromatic nitrogens is 2. The van der Waals surface area contributed by atoms with Gasteiger partial charge < -0.3 is 14.4 Å². The third-order valence-electron chi connectivity index (χ3n) is 6.73. The van der Waals surface area contributed by atoms with E-state index in [2.05, 4.69) is 43.9 Å². The van der Waals surface area contributed by atoms with Crippen LogP contribution in [0.4, 0.5) is 0 Å². The Morgan fingerprint density at radius 2 is 1.54 bits per heavy atom. The van der Waals surface area contributed by atoms with Crippen molar-refractivity contribution in [3.63, 3.8) is 0 Å². The minimum Gasteiger partial charge on any atom is -0.478 e. The van der Waals surface area contributed by atoms with Gasteiger partial charge >= 0.3 is 5.97 Å². The molecule has 1 N–H and O–H groups in total. The van der Waals surface area contributed by atoms with E-state index < -0.39 is 14.0 Å². The van der Waals surface area contributed by atoms with Crippen molar-refractivity contribution in [3.05, 3.63) is 102 Å². The van der Waals surface area contributed by atoms with Crippen molar-refractivity contribution in [1.82, 2.24) is 9.55 Å². The van der Waals surface area contributed by atoms with Crippen molar-refractivity contribution in [2.24, 2.45) is 0 Å². The van der Waals surface area contributed by atoms with E-state index in [1.807, 2.05) is 53.1 Å². The third-order valence-corrected chi connectivity index (χ3v) is 8.72. The zero-order chi connectivity index (χ0) is 27.6. The standard InChI is InChI=1S/C32H31ClN2O3Si/c1-39(2,3)17-16-38-21-35-29(25-10-7-11-26(18-25)32(36)37)20-28-30(35)19-27(33)31(34-28)24-14-12-23(13-15-24)22-8-5-4-6-9-22/h4-15,18-20H,16-17,21H2,1-3H3,(H,36,37). The molecule has 0 aliphatic carbocycles. The maximum Gasteiger partial charge on any atom is 0.335 e. The van der Waals surface area contributed by atoms with Crippen LogP contribution in [0, 0.1) is 0 Å². The molecule has 5 rings (SSSR count). The number of aromatic carboxylic acids is 1. The molecular weight excluding hydrogens is 524 g/mol. The van der Waals surface area contributed by atoms with Gasteiger partial charge in [-0.2, -0.15) is 0 Å². The SMILES string of the molecule is C[Si](C)(C)CCOCn1c(-c2cccc(C(=O)O)c2)cc2nc(-c3ccc(-c4ccccc4)cc3)c(Cl)cc21. The number of fused-ring (bicyclic) bond motifs is 1. The highest BCUT2D eigenvalue weighted by atomic mass is 35.5. The zero-order valence-electron chi connectivity index (χ0n) is 22.3. The van der Waals surface area contributed by atoms with E-state index in [-0.39, 0.29) is 5.56 Å². The van der Waals surface area contributed by atoms with Crippen molar-refractivity contribution in [2.75, 3.05) is 6.61 Å². The lowest BCUT2D eigenvalue weighted by Crippen LogP contribution is -2.22. The van der Waals surface area contributed by atoms with Gasteiger partial charge in [-0.3, -0.25) is 0 Å². The van der Waals surface area contributed by atoms with Crippen LogP contribution in [-0.2, 0) is 11.5 Å². The Kier molecular flexibility index (Phi) is 7.71. The summed E-state index contributed by atoms with van der Waals surface area (Å²) in [7, 11) is -1.24. The summed E-state index contributed by atoms with van der Waals surface area (Å²) in [5.41, 5.74) is 7.36. The second kappa shape index (κ2) is 11.2. The maximum atomic E-state index is 11.6. The van der Waals surface area contributed by atoms with Gasteiger partial charge in [-0.05, 0) is 47.0 Å². The second-order valence-corrected chi connectivity index (χ2v) is 16.9. The molecule has 2 aromatic heterocycles. The maximum absolute atomic E-state index is 11.6. The largest absolute Gasteiger partial charge is 0.478 e. The number of carbonyl (C=O) groups is 1. The van der Waals surface area contributed by atoms with Crippen LogP contribution in [0.5, 0.6) is 0 Å². The molecule has 0 aliphatic rings. The fourth-order valence-corrected chi connectivity index (χ4v) is 5.54. The van der Waals surface area contributed by atoms with E-state index in [1.165, 1.54) is 0 Å². The summed E-state index contributed by atoms with van der Waals surface area (Å²) in [6.07, 6.45) is 0. The fourth-order valence-electron chi connectivity index (χ4n) is 4.53. The average molecular weight is 555 g/mol. The first kappa shape index (κ1) is 26.9. The smallest absolute Gasteiger partial charge is 0.335 e. The van der Waals surface area contributed by atoms with Gasteiger partial charge in [0.1, 0.15) is 6.73 Å². The van der Waals surface area contributed by atoms with Crippen molar-refractivity contribution < 1.29 is 14.6 Å². The molecule has 5 aromatic rings. The van der Waals surface area contributed by atoms with Gasteiger partial charge in [-0.25, -0.2) is 9.78 Å². The Hall–Kier alpha value is -3.71. The molecule has 0 unspecified atom stereocenters. The number of hydrogen-bond donors (Lipinski definition) is 1. The fraction of sp³-hybridized carbons (Fsp3) is 0.188. The summed E-state index contributed by atoms with van der Waals surface area (Å²) in [5.74, 6) is -0.965. The molecule has 0 aliphatic heterocycles. The Balaban J connectivity index is 1.55. The van der Waals surface area contributed by atoms with Crippen LogP contribution in [0.15, 0.2) is 91.0 Å². The van der Waals surface area contributed by atoms with E-state index in [0.717, 1.165) is 45.0 Å². The van der Waals surface area contributed by atoms with Gasteiger partial charge in [0.25, 0.3) is 0 Å². The minimum absolute atomic E-state index is 0.231. The van der Waals surface area contributed by atoms with Crippen LogP contribution >= 0.6 is 11.6 Å². The molecule has 7 heteroatoms. The first-order chi connectivity index (χ1) is 18.7. The van der Waals surface area contributed by atoms with E-state index in [9.17, 15) is 9.90 Å². The Bertz CT molecular complexity index is 1620. The van der Waals surface area contributed by atoms with Gasteiger partial charge in [0.05, 0.1) is 33.0 Å². The lowest BCUT2D eigenvalue weighted by Gasteiger charge is -2.17. The highest BCUT2D eigenvalue weighted by molar-refractivity contribution is 6.76. The summed E-state index contributed by atoms with van der Waals surface area (Å²) in [6, 6.07) is 30.4. The van der Waals surface area contributed by atoms with Gasteiger partial charge in [0.2, 0.25) is 0 Å². The molecule has 3 aromatic carbocycles. The van der Waals surface area contributed by atoms with E-state index >= 15 is 0 Å². The minimum atomic E-state index is -1.24. The summed E-state index contributed by atoms with van der Waals surface area (Å²) in [5, 5.41) is 10.1. The highest BCUT2D eigenvalue weighted by Crippen LogP contribution is 2.35. The molecule has 39 heavy (non-hydrogen) atoms. The molecule has 0 fully saturated rings. The number of hydrogen-bond acceptors (Lipinski definition) is 3. The van der Waals surface area contributed by atoms with Crippen LogP contribution in [0.2, 0.25) is 30.7 Å². The summed E-state index contributed by atoms with van der Waals surface area (Å²) in [4.78, 5) is 16.6. The van der Waals surface area contributed by atoms with Gasteiger partial charge in [0, 0.05) is 20.2 Å². The number of rotatable bonds is 9. The topological polar surface area (TPSA) is 64.3 Å². The van der Waals surface area contributed by atoms with Crippen molar-refractivity contribution in [2.45, 2.75) is 32.4 Å². The van der Waals surface area contributed by atoms with Crippen LogP contribution in [0.1, 0.15) is 10.4 Å². The molecule has 5 nitrogen and oxygen atoms in total. The Morgan fingerprint density at radius 1 is 0.872 bits per heavy atom.